The number of anilines is 1. The monoisotopic (exact) mass is 254 g/mol. The second-order valence-corrected chi connectivity index (χ2v) is 4.27. The Labute approximate surface area is 110 Å². The molecule has 0 atom stereocenters. The Morgan fingerprint density at radius 1 is 1.21 bits per heavy atom. The second-order valence-electron chi connectivity index (χ2n) is 4.27. The maximum atomic E-state index is 4.28. The Morgan fingerprint density at radius 2 is 2.11 bits per heavy atom. The van der Waals surface area contributed by atoms with E-state index in [1.54, 1.807) is 12.7 Å². The van der Waals surface area contributed by atoms with E-state index in [0.717, 1.165) is 35.5 Å². The van der Waals surface area contributed by atoms with Crippen LogP contribution >= 0.6 is 0 Å². The predicted molar refractivity (Wildman–Crippen MR) is 72.7 cm³/mol. The first-order valence-electron chi connectivity index (χ1n) is 6.11. The molecule has 0 aliphatic heterocycles. The van der Waals surface area contributed by atoms with Crippen LogP contribution in [-0.2, 0) is 13.5 Å². The van der Waals surface area contributed by atoms with Gasteiger partial charge in [0.05, 0.1) is 5.52 Å². The van der Waals surface area contributed by atoms with E-state index in [9.17, 15) is 0 Å². The smallest absolute Gasteiger partial charge is 0.137 e. The van der Waals surface area contributed by atoms with Crippen LogP contribution < -0.4 is 5.32 Å². The molecule has 6 heteroatoms. The molecule has 0 amide bonds. The first-order chi connectivity index (χ1) is 9.34. The van der Waals surface area contributed by atoms with E-state index in [2.05, 4.69) is 25.5 Å². The highest BCUT2D eigenvalue weighted by Gasteiger charge is 2.04. The van der Waals surface area contributed by atoms with Gasteiger partial charge in [0.1, 0.15) is 24.3 Å². The van der Waals surface area contributed by atoms with E-state index in [1.165, 1.54) is 0 Å². The van der Waals surface area contributed by atoms with Gasteiger partial charge >= 0.3 is 0 Å². The van der Waals surface area contributed by atoms with Gasteiger partial charge in [-0.15, -0.1) is 10.2 Å². The summed E-state index contributed by atoms with van der Waals surface area (Å²) in [6.45, 7) is 0.757. The Balaban J connectivity index is 1.74. The topological polar surface area (TPSA) is 68.5 Å². The Hall–Kier alpha value is -2.50. The molecule has 0 bridgehead atoms. The number of fused-ring (bicyclic) bond motifs is 1. The number of aromatic nitrogens is 5. The first-order valence-corrected chi connectivity index (χ1v) is 6.11. The maximum absolute atomic E-state index is 4.28. The fourth-order valence-electron chi connectivity index (χ4n) is 1.97. The molecular formula is C13H14N6. The van der Waals surface area contributed by atoms with Crippen LogP contribution in [0.2, 0.25) is 0 Å². The molecular weight excluding hydrogens is 240 g/mol. The number of aryl methyl sites for hydroxylation is 1. The van der Waals surface area contributed by atoms with Crippen molar-refractivity contribution in [3.63, 3.8) is 0 Å². The Kier molecular flexibility index (Phi) is 3.06. The van der Waals surface area contributed by atoms with Crippen LogP contribution in [0, 0.1) is 0 Å². The zero-order valence-electron chi connectivity index (χ0n) is 10.6. The predicted octanol–water partition coefficient (Wildman–Crippen LogP) is 1.41. The average molecular weight is 254 g/mol. The van der Waals surface area contributed by atoms with Crippen molar-refractivity contribution in [2.45, 2.75) is 6.42 Å². The van der Waals surface area contributed by atoms with Gasteiger partial charge in [0.15, 0.2) is 0 Å². The SMILES string of the molecule is Cn1cnnc1CCNc1ncnc2ccccc12. The molecule has 0 aliphatic rings. The van der Waals surface area contributed by atoms with Crippen molar-refractivity contribution in [2.24, 2.45) is 7.05 Å². The summed E-state index contributed by atoms with van der Waals surface area (Å²) in [6.07, 6.45) is 4.08. The second kappa shape index (κ2) is 5.01. The highest BCUT2D eigenvalue weighted by atomic mass is 15.2. The summed E-state index contributed by atoms with van der Waals surface area (Å²) in [4.78, 5) is 8.52. The number of hydrogen-bond acceptors (Lipinski definition) is 5. The molecule has 1 N–H and O–H groups in total. The van der Waals surface area contributed by atoms with Crippen LogP contribution in [0.4, 0.5) is 5.82 Å². The molecule has 1 aromatic carbocycles. The van der Waals surface area contributed by atoms with E-state index in [1.807, 2.05) is 35.9 Å². The minimum absolute atomic E-state index is 0.757. The van der Waals surface area contributed by atoms with E-state index >= 15 is 0 Å². The van der Waals surface area contributed by atoms with Crippen LogP contribution in [0.1, 0.15) is 5.82 Å². The van der Waals surface area contributed by atoms with Crippen LogP contribution in [0.5, 0.6) is 0 Å². The quantitative estimate of drug-likeness (QED) is 0.762. The summed E-state index contributed by atoms with van der Waals surface area (Å²) in [5.74, 6) is 1.80. The fraction of sp³-hybridized carbons (Fsp3) is 0.231. The zero-order chi connectivity index (χ0) is 13.1. The molecule has 3 aromatic rings. The van der Waals surface area contributed by atoms with Gasteiger partial charge in [0, 0.05) is 25.4 Å². The molecule has 0 spiro atoms. The van der Waals surface area contributed by atoms with E-state index in [4.69, 9.17) is 0 Å². The summed E-state index contributed by atoms with van der Waals surface area (Å²) in [5.41, 5.74) is 0.943. The first kappa shape index (κ1) is 11.6. The third kappa shape index (κ3) is 2.37. The molecule has 0 saturated carbocycles. The lowest BCUT2D eigenvalue weighted by Crippen LogP contribution is -2.10. The Morgan fingerprint density at radius 3 is 2.95 bits per heavy atom. The summed E-state index contributed by atoms with van der Waals surface area (Å²) in [5, 5.41) is 12.3. The average Bonchev–Trinajstić information content (AvgIpc) is 2.85. The number of hydrogen-bond donors (Lipinski definition) is 1. The minimum Gasteiger partial charge on any atom is -0.369 e. The van der Waals surface area contributed by atoms with Crippen LogP contribution in [0.15, 0.2) is 36.9 Å². The van der Waals surface area contributed by atoms with Gasteiger partial charge in [-0.2, -0.15) is 0 Å². The van der Waals surface area contributed by atoms with Crippen molar-refractivity contribution in [1.29, 1.82) is 0 Å². The molecule has 3 rings (SSSR count). The molecule has 0 radical (unpaired) electrons. The number of nitrogens with zero attached hydrogens (tertiary/aromatic N) is 5. The van der Waals surface area contributed by atoms with Gasteiger partial charge in [-0.3, -0.25) is 0 Å². The van der Waals surface area contributed by atoms with Gasteiger partial charge in [0.25, 0.3) is 0 Å². The molecule has 0 fully saturated rings. The van der Waals surface area contributed by atoms with Gasteiger partial charge in [-0.1, -0.05) is 12.1 Å². The maximum Gasteiger partial charge on any atom is 0.137 e. The lowest BCUT2D eigenvalue weighted by molar-refractivity contribution is 0.787. The molecule has 0 saturated heterocycles. The van der Waals surface area contributed by atoms with Crippen molar-refractivity contribution < 1.29 is 0 Å². The van der Waals surface area contributed by atoms with Crippen LogP contribution in [0.25, 0.3) is 10.9 Å². The third-order valence-corrected chi connectivity index (χ3v) is 2.99. The molecule has 0 aliphatic carbocycles. The fourth-order valence-corrected chi connectivity index (χ4v) is 1.97. The van der Waals surface area contributed by atoms with Gasteiger partial charge in [-0.25, -0.2) is 9.97 Å². The molecule has 2 aromatic heterocycles. The standard InChI is InChI=1S/C13H14N6/c1-19-9-17-18-12(19)6-7-14-13-10-4-2-3-5-11(10)15-8-16-13/h2-5,8-9H,6-7H2,1H3,(H,14,15,16). The van der Waals surface area contributed by atoms with Crippen LogP contribution in [0.3, 0.4) is 0 Å². The van der Waals surface area contributed by atoms with Gasteiger partial charge < -0.3 is 9.88 Å². The summed E-state index contributed by atoms with van der Waals surface area (Å²) < 4.78 is 1.92. The van der Waals surface area contributed by atoms with Crippen molar-refractivity contribution >= 4 is 16.7 Å². The van der Waals surface area contributed by atoms with Gasteiger partial charge in [0.2, 0.25) is 0 Å². The number of rotatable bonds is 4. The lowest BCUT2D eigenvalue weighted by Gasteiger charge is -2.07. The van der Waals surface area contributed by atoms with Crippen LogP contribution in [-0.4, -0.2) is 31.3 Å². The lowest BCUT2D eigenvalue weighted by atomic mass is 10.2. The summed E-state index contributed by atoms with van der Waals surface area (Å²) in [7, 11) is 1.94. The Bertz CT molecular complexity index is 685. The number of nitrogens with one attached hydrogen (secondary N) is 1. The molecule has 6 nitrogen and oxygen atoms in total. The normalized spacial score (nSPS) is 10.8. The summed E-state index contributed by atoms with van der Waals surface area (Å²) >= 11 is 0. The van der Waals surface area contributed by atoms with Crippen molar-refractivity contribution in [3.8, 4) is 0 Å². The molecule has 0 unspecified atom stereocenters. The minimum atomic E-state index is 0.757. The largest absolute Gasteiger partial charge is 0.369 e. The highest BCUT2D eigenvalue weighted by Crippen LogP contribution is 2.17. The van der Waals surface area contributed by atoms with E-state index in [0.29, 0.717) is 0 Å². The van der Waals surface area contributed by atoms with Gasteiger partial charge in [-0.05, 0) is 12.1 Å². The van der Waals surface area contributed by atoms with E-state index < -0.39 is 0 Å². The molecule has 19 heavy (non-hydrogen) atoms. The number of benzene rings is 1. The third-order valence-electron chi connectivity index (χ3n) is 2.99. The van der Waals surface area contributed by atoms with Crippen molar-refractivity contribution in [3.05, 3.63) is 42.7 Å². The zero-order valence-corrected chi connectivity index (χ0v) is 10.6. The molecule has 2 heterocycles. The highest BCUT2D eigenvalue weighted by molar-refractivity contribution is 5.88. The van der Waals surface area contributed by atoms with E-state index in [-0.39, 0.29) is 0 Å². The van der Waals surface area contributed by atoms with Crippen molar-refractivity contribution in [2.75, 3.05) is 11.9 Å². The number of para-hydroxylation sites is 1. The van der Waals surface area contributed by atoms with Crippen molar-refractivity contribution in [1.82, 2.24) is 24.7 Å². The molecule has 96 valence electrons. The summed E-state index contributed by atoms with van der Waals surface area (Å²) in [6, 6.07) is 7.95.